The Morgan fingerprint density at radius 2 is 0.804 bits per heavy atom. The third kappa shape index (κ3) is 5.65. The van der Waals surface area contributed by atoms with Crippen molar-refractivity contribution < 1.29 is 4.42 Å². The molecule has 0 N–H and O–H groups in total. The lowest BCUT2D eigenvalue weighted by Gasteiger charge is -2.13. The minimum absolute atomic E-state index is 0.618. The summed E-state index contributed by atoms with van der Waals surface area (Å²) < 4.78 is 9.02. The van der Waals surface area contributed by atoms with Crippen LogP contribution in [0.15, 0.2) is 192 Å². The SMILES string of the molecule is c1ccc(-c2ccc3c(c2)sc2cc(-c4cc5c(cc4-c4cccc(-c6nc(-c7ccccc7)nc(-c7ccccc7)n6)c4)oc4ccccc45)ccc23)cc1. The van der Waals surface area contributed by atoms with Gasteiger partial charge < -0.3 is 4.42 Å². The topological polar surface area (TPSA) is 51.8 Å². The maximum atomic E-state index is 6.48. The fourth-order valence-corrected chi connectivity index (χ4v) is 8.95. The van der Waals surface area contributed by atoms with Crippen LogP contribution in [0.1, 0.15) is 0 Å². The summed E-state index contributed by atoms with van der Waals surface area (Å²) in [6, 6.07) is 65.8. The number of nitrogens with zero attached hydrogens (tertiary/aromatic N) is 3. The van der Waals surface area contributed by atoms with Gasteiger partial charge in [0.1, 0.15) is 11.2 Å². The van der Waals surface area contributed by atoms with Crippen molar-refractivity contribution in [1.29, 1.82) is 0 Å². The number of furan rings is 1. The Bertz CT molecular complexity index is 3180. The van der Waals surface area contributed by atoms with Crippen molar-refractivity contribution in [2.75, 3.05) is 0 Å². The molecule has 0 unspecified atom stereocenters. The Labute approximate surface area is 327 Å². The van der Waals surface area contributed by atoms with Crippen molar-refractivity contribution >= 4 is 53.4 Å². The Kier molecular flexibility index (Phi) is 7.64. The highest BCUT2D eigenvalue weighted by Gasteiger charge is 2.18. The molecule has 262 valence electrons. The van der Waals surface area contributed by atoms with Crippen molar-refractivity contribution in [1.82, 2.24) is 15.0 Å². The molecule has 3 heterocycles. The van der Waals surface area contributed by atoms with Crippen LogP contribution in [0.4, 0.5) is 0 Å². The van der Waals surface area contributed by atoms with Gasteiger partial charge in [0.25, 0.3) is 0 Å². The average Bonchev–Trinajstić information content (AvgIpc) is 3.83. The van der Waals surface area contributed by atoms with Crippen LogP contribution in [0, 0.1) is 0 Å². The van der Waals surface area contributed by atoms with E-state index >= 15 is 0 Å². The van der Waals surface area contributed by atoms with Gasteiger partial charge in [-0.3, -0.25) is 0 Å². The molecule has 0 aliphatic rings. The number of para-hydroxylation sites is 1. The zero-order valence-electron chi connectivity index (χ0n) is 30.1. The third-order valence-electron chi connectivity index (χ3n) is 10.5. The van der Waals surface area contributed by atoms with E-state index < -0.39 is 0 Å². The Balaban J connectivity index is 1.08. The standard InChI is InChI=1S/C51H31N3OS/c1-4-13-32(14-5-1)35-23-25-40-41-26-24-37(29-48(41)56-47(40)28-35)42-30-44-39-21-10-11-22-45(39)55-46(44)31-43(42)36-19-12-20-38(27-36)51-53-49(33-15-6-2-7-16-33)52-50(54-51)34-17-8-3-9-18-34/h1-31H. The van der Waals surface area contributed by atoms with Gasteiger partial charge in [0, 0.05) is 47.6 Å². The largest absolute Gasteiger partial charge is 0.456 e. The van der Waals surface area contributed by atoms with Crippen molar-refractivity contribution in [3.8, 4) is 67.5 Å². The molecule has 0 aliphatic carbocycles. The molecule has 0 aliphatic heterocycles. The lowest BCUT2D eigenvalue weighted by Crippen LogP contribution is -2.00. The van der Waals surface area contributed by atoms with Crippen LogP contribution < -0.4 is 0 Å². The lowest BCUT2D eigenvalue weighted by molar-refractivity contribution is 0.669. The fraction of sp³-hybridized carbons (Fsp3) is 0. The first-order chi connectivity index (χ1) is 27.7. The van der Waals surface area contributed by atoms with E-state index in [4.69, 9.17) is 19.4 Å². The minimum atomic E-state index is 0.618. The second-order valence-electron chi connectivity index (χ2n) is 14.0. The van der Waals surface area contributed by atoms with E-state index in [9.17, 15) is 0 Å². The molecule has 0 radical (unpaired) electrons. The highest BCUT2D eigenvalue weighted by Crippen LogP contribution is 2.43. The van der Waals surface area contributed by atoms with E-state index in [0.717, 1.165) is 60.9 Å². The van der Waals surface area contributed by atoms with E-state index in [1.165, 1.54) is 31.3 Å². The average molecular weight is 734 g/mol. The molecule has 3 aromatic heterocycles. The Morgan fingerprint density at radius 1 is 0.304 bits per heavy atom. The molecule has 0 fully saturated rings. The second-order valence-corrected chi connectivity index (χ2v) is 15.1. The molecule has 11 rings (SSSR count). The van der Waals surface area contributed by atoms with E-state index in [0.29, 0.717) is 17.5 Å². The van der Waals surface area contributed by atoms with Crippen LogP contribution in [-0.2, 0) is 0 Å². The van der Waals surface area contributed by atoms with Gasteiger partial charge in [-0.25, -0.2) is 15.0 Å². The fourth-order valence-electron chi connectivity index (χ4n) is 7.77. The maximum absolute atomic E-state index is 6.48. The molecule has 0 saturated heterocycles. The highest BCUT2D eigenvalue weighted by atomic mass is 32.1. The second kappa shape index (κ2) is 13.3. The molecule has 0 spiro atoms. The number of thiophene rings is 1. The summed E-state index contributed by atoms with van der Waals surface area (Å²) in [5.74, 6) is 1.89. The van der Waals surface area contributed by atoms with E-state index in [1.54, 1.807) is 0 Å². The lowest BCUT2D eigenvalue weighted by atomic mass is 9.91. The van der Waals surface area contributed by atoms with Crippen LogP contribution >= 0.6 is 11.3 Å². The molecule has 56 heavy (non-hydrogen) atoms. The van der Waals surface area contributed by atoms with Gasteiger partial charge in [0.05, 0.1) is 0 Å². The number of benzene rings is 8. The van der Waals surface area contributed by atoms with E-state index in [-0.39, 0.29) is 0 Å². The van der Waals surface area contributed by atoms with Crippen LogP contribution in [-0.4, -0.2) is 15.0 Å². The quantitative estimate of drug-likeness (QED) is 0.171. The first kappa shape index (κ1) is 32.2. The minimum Gasteiger partial charge on any atom is -0.456 e. The molecule has 0 amide bonds. The first-order valence-corrected chi connectivity index (χ1v) is 19.5. The normalized spacial score (nSPS) is 11.6. The molecule has 5 heteroatoms. The summed E-state index contributed by atoms with van der Waals surface area (Å²) >= 11 is 1.85. The van der Waals surface area contributed by atoms with Gasteiger partial charge in [0.15, 0.2) is 17.5 Å². The summed E-state index contributed by atoms with van der Waals surface area (Å²) in [4.78, 5) is 15.0. The molecule has 0 saturated carbocycles. The monoisotopic (exact) mass is 733 g/mol. The van der Waals surface area contributed by atoms with Gasteiger partial charge in [-0.15, -0.1) is 11.3 Å². The molecular weight excluding hydrogens is 703 g/mol. The van der Waals surface area contributed by atoms with Crippen LogP contribution in [0.5, 0.6) is 0 Å². The van der Waals surface area contributed by atoms with Gasteiger partial charge in [-0.2, -0.15) is 0 Å². The van der Waals surface area contributed by atoms with Gasteiger partial charge in [-0.1, -0.05) is 152 Å². The summed E-state index contributed by atoms with van der Waals surface area (Å²) in [5, 5.41) is 4.75. The van der Waals surface area contributed by atoms with Crippen LogP contribution in [0.3, 0.4) is 0 Å². The zero-order valence-corrected chi connectivity index (χ0v) is 30.9. The van der Waals surface area contributed by atoms with Crippen molar-refractivity contribution in [3.05, 3.63) is 188 Å². The van der Waals surface area contributed by atoms with Crippen molar-refractivity contribution in [3.63, 3.8) is 0 Å². The van der Waals surface area contributed by atoms with E-state index in [1.807, 2.05) is 84.1 Å². The smallest absolute Gasteiger partial charge is 0.164 e. The number of aromatic nitrogens is 3. The van der Waals surface area contributed by atoms with E-state index in [2.05, 4.69) is 115 Å². The predicted molar refractivity (Wildman–Crippen MR) is 233 cm³/mol. The molecule has 4 nitrogen and oxygen atoms in total. The first-order valence-electron chi connectivity index (χ1n) is 18.7. The summed E-state index contributed by atoms with van der Waals surface area (Å²) in [6.07, 6.45) is 0. The molecule has 0 atom stereocenters. The predicted octanol–water partition coefficient (Wildman–Crippen LogP) is 14.1. The highest BCUT2D eigenvalue weighted by molar-refractivity contribution is 7.25. The van der Waals surface area contributed by atoms with Crippen LogP contribution in [0.2, 0.25) is 0 Å². The number of hydrogen-bond donors (Lipinski definition) is 0. The van der Waals surface area contributed by atoms with Crippen LogP contribution in [0.25, 0.3) is 110 Å². The van der Waals surface area contributed by atoms with Gasteiger partial charge in [0.2, 0.25) is 0 Å². The summed E-state index contributed by atoms with van der Waals surface area (Å²) in [7, 11) is 0. The summed E-state index contributed by atoms with van der Waals surface area (Å²) in [5.41, 5.74) is 11.4. The molecular formula is C51H31N3OS. The van der Waals surface area contributed by atoms with Gasteiger partial charge in [-0.05, 0) is 69.8 Å². The zero-order chi connectivity index (χ0) is 37.0. The maximum Gasteiger partial charge on any atom is 0.164 e. The number of fused-ring (bicyclic) bond motifs is 6. The molecule has 11 aromatic rings. The molecule has 0 bridgehead atoms. The number of hydrogen-bond acceptors (Lipinski definition) is 5. The molecule has 8 aromatic carbocycles. The Morgan fingerprint density at radius 3 is 1.48 bits per heavy atom. The third-order valence-corrected chi connectivity index (χ3v) is 11.7. The number of rotatable bonds is 6. The summed E-state index contributed by atoms with van der Waals surface area (Å²) in [6.45, 7) is 0. The van der Waals surface area contributed by atoms with Crippen molar-refractivity contribution in [2.24, 2.45) is 0 Å². The Hall–Kier alpha value is -7.21. The van der Waals surface area contributed by atoms with Crippen molar-refractivity contribution in [2.45, 2.75) is 0 Å². The van der Waals surface area contributed by atoms with Gasteiger partial charge >= 0.3 is 0 Å².